The number of carbonyl (C=O) groups is 1. The number of amides is 1. The third-order valence-corrected chi connectivity index (χ3v) is 6.23. The zero-order valence-corrected chi connectivity index (χ0v) is 17.4. The summed E-state index contributed by atoms with van der Waals surface area (Å²) in [4.78, 5) is 13.5. The number of hydrogen-bond donors (Lipinski definition) is 1. The second-order valence-electron chi connectivity index (χ2n) is 8.83. The summed E-state index contributed by atoms with van der Waals surface area (Å²) < 4.78 is 11.3. The van der Waals surface area contributed by atoms with E-state index in [0.29, 0.717) is 13.2 Å². The Kier molecular flexibility index (Phi) is 5.76. The van der Waals surface area contributed by atoms with Crippen LogP contribution in [0.15, 0.2) is 18.2 Å². The van der Waals surface area contributed by atoms with Gasteiger partial charge in [-0.15, -0.1) is 0 Å². The van der Waals surface area contributed by atoms with Gasteiger partial charge in [-0.1, -0.05) is 38.4 Å². The van der Waals surface area contributed by atoms with Crippen LogP contribution < -0.4 is 0 Å². The first-order valence-electron chi connectivity index (χ1n) is 9.63. The summed E-state index contributed by atoms with van der Waals surface area (Å²) in [6.45, 7) is 7.61. The Morgan fingerprint density at radius 1 is 1.37 bits per heavy atom. The number of ether oxygens (including phenoxy) is 2. The van der Waals surface area contributed by atoms with Crippen LogP contribution in [0.3, 0.4) is 0 Å². The third kappa shape index (κ3) is 3.96. The van der Waals surface area contributed by atoms with Gasteiger partial charge >= 0.3 is 6.09 Å². The normalized spacial score (nSPS) is 24.0. The van der Waals surface area contributed by atoms with Crippen molar-refractivity contribution in [2.75, 3.05) is 20.3 Å². The fraction of sp³-hybridized carbons (Fsp3) is 0.667. The Balaban J connectivity index is 2.05. The quantitative estimate of drug-likeness (QED) is 0.784. The molecule has 27 heavy (non-hydrogen) atoms. The highest BCUT2D eigenvalue weighted by Crippen LogP contribution is 2.52. The molecular formula is C21H30ClNO4. The maximum atomic E-state index is 12.0. The van der Waals surface area contributed by atoms with Gasteiger partial charge in [0.2, 0.25) is 0 Å². The van der Waals surface area contributed by atoms with E-state index >= 15 is 0 Å². The minimum absolute atomic E-state index is 0.175. The van der Waals surface area contributed by atoms with E-state index in [2.05, 4.69) is 26.8 Å². The molecule has 1 aromatic rings. The molecular weight excluding hydrogens is 366 g/mol. The summed E-state index contributed by atoms with van der Waals surface area (Å²) in [5.74, 6) is 0. The predicted octanol–water partition coefficient (Wildman–Crippen LogP) is 4.70. The summed E-state index contributed by atoms with van der Waals surface area (Å²) in [6, 6.07) is 5.87. The number of likely N-dealkylation sites (N-methyl/N-ethyl adjacent to an activating group) is 1. The molecule has 0 radical (unpaired) electrons. The largest absolute Gasteiger partial charge is 0.465 e. The van der Waals surface area contributed by atoms with Crippen LogP contribution in [0.1, 0.15) is 51.2 Å². The van der Waals surface area contributed by atoms with Crippen LogP contribution >= 0.6 is 11.6 Å². The van der Waals surface area contributed by atoms with Crippen molar-refractivity contribution in [1.29, 1.82) is 0 Å². The van der Waals surface area contributed by atoms with Gasteiger partial charge in [-0.3, -0.25) is 0 Å². The van der Waals surface area contributed by atoms with Gasteiger partial charge in [-0.25, -0.2) is 4.79 Å². The van der Waals surface area contributed by atoms with Crippen LogP contribution in [-0.4, -0.2) is 48.7 Å². The van der Waals surface area contributed by atoms with E-state index in [4.69, 9.17) is 21.1 Å². The molecule has 6 heteroatoms. The van der Waals surface area contributed by atoms with Gasteiger partial charge in [0.15, 0.2) is 6.29 Å². The van der Waals surface area contributed by atoms with E-state index < -0.39 is 6.09 Å². The topological polar surface area (TPSA) is 59.0 Å². The van der Waals surface area contributed by atoms with E-state index in [1.807, 2.05) is 12.1 Å². The first-order valence-corrected chi connectivity index (χ1v) is 10.0. The molecule has 5 nitrogen and oxygen atoms in total. The molecule has 1 saturated heterocycles. The molecule has 2 unspecified atom stereocenters. The van der Waals surface area contributed by atoms with Crippen molar-refractivity contribution < 1.29 is 19.4 Å². The number of hydrogen-bond acceptors (Lipinski definition) is 3. The van der Waals surface area contributed by atoms with Crippen molar-refractivity contribution >= 4 is 17.7 Å². The van der Waals surface area contributed by atoms with Crippen LogP contribution in [0.25, 0.3) is 0 Å². The molecule has 0 saturated carbocycles. The maximum Gasteiger partial charge on any atom is 0.407 e. The van der Waals surface area contributed by atoms with Gasteiger partial charge in [0.1, 0.15) is 0 Å². The number of nitrogens with zero attached hydrogens (tertiary/aromatic N) is 1. The number of benzene rings is 1. The number of carboxylic acid groups (broad SMARTS) is 1. The fourth-order valence-electron chi connectivity index (χ4n) is 5.27. The van der Waals surface area contributed by atoms with Gasteiger partial charge in [0.05, 0.1) is 13.2 Å². The van der Waals surface area contributed by atoms with E-state index in [-0.39, 0.29) is 23.2 Å². The Morgan fingerprint density at radius 2 is 2.04 bits per heavy atom. The number of fused-ring (bicyclic) bond motifs is 1. The average Bonchev–Trinajstić information content (AvgIpc) is 3.20. The van der Waals surface area contributed by atoms with Crippen molar-refractivity contribution in [3.05, 3.63) is 34.3 Å². The smallest absolute Gasteiger partial charge is 0.407 e. The Labute approximate surface area is 166 Å². The summed E-state index contributed by atoms with van der Waals surface area (Å²) >= 11 is 6.24. The molecule has 1 aromatic carbocycles. The lowest BCUT2D eigenvalue weighted by Crippen LogP contribution is -2.56. The molecule has 1 heterocycles. The minimum atomic E-state index is -0.898. The highest BCUT2D eigenvalue weighted by Gasteiger charge is 2.52. The van der Waals surface area contributed by atoms with Crippen LogP contribution in [0, 0.1) is 5.41 Å². The molecule has 1 fully saturated rings. The molecule has 1 aliphatic carbocycles. The van der Waals surface area contributed by atoms with Gasteiger partial charge in [0.25, 0.3) is 0 Å². The van der Waals surface area contributed by atoms with Crippen molar-refractivity contribution in [3.63, 3.8) is 0 Å². The Hall–Kier alpha value is -1.30. The molecule has 0 spiro atoms. The van der Waals surface area contributed by atoms with Gasteiger partial charge in [-0.2, -0.15) is 0 Å². The van der Waals surface area contributed by atoms with E-state index in [0.717, 1.165) is 30.7 Å². The van der Waals surface area contributed by atoms with Crippen LogP contribution in [0.2, 0.25) is 5.02 Å². The summed E-state index contributed by atoms with van der Waals surface area (Å²) in [5, 5.41) is 10.5. The standard InChI is InChI=1S/C21H30ClNO4/c1-20(2,3)18(23(4)19(24)25)21(10-8-17-26-11-12-27-17)9-7-14-13-15(22)5-6-16(14)21/h5-6,13,17-18H,7-12H2,1-4H3,(H,24,25). The molecule has 2 atom stereocenters. The van der Waals surface area contributed by atoms with Crippen molar-refractivity contribution in [1.82, 2.24) is 4.90 Å². The Bertz CT molecular complexity index is 696. The fourth-order valence-corrected chi connectivity index (χ4v) is 5.46. The molecule has 0 bridgehead atoms. The van der Waals surface area contributed by atoms with Crippen LogP contribution in [-0.2, 0) is 21.3 Å². The number of halogens is 1. The van der Waals surface area contributed by atoms with Crippen molar-refractivity contribution in [2.45, 2.75) is 64.2 Å². The van der Waals surface area contributed by atoms with E-state index in [1.54, 1.807) is 7.05 Å². The molecule has 2 aliphatic rings. The summed E-state index contributed by atoms with van der Waals surface area (Å²) in [5.41, 5.74) is 1.92. The predicted molar refractivity (Wildman–Crippen MR) is 105 cm³/mol. The van der Waals surface area contributed by atoms with Gasteiger partial charge in [0, 0.05) is 23.5 Å². The highest BCUT2D eigenvalue weighted by molar-refractivity contribution is 6.30. The van der Waals surface area contributed by atoms with Crippen molar-refractivity contribution in [3.8, 4) is 0 Å². The molecule has 1 N–H and O–H groups in total. The second kappa shape index (κ2) is 7.61. The molecule has 1 aliphatic heterocycles. The lowest BCUT2D eigenvalue weighted by Gasteiger charge is -2.49. The molecule has 3 rings (SSSR count). The molecule has 0 aromatic heterocycles. The van der Waals surface area contributed by atoms with E-state index in [9.17, 15) is 9.90 Å². The van der Waals surface area contributed by atoms with Crippen molar-refractivity contribution in [2.24, 2.45) is 5.41 Å². The van der Waals surface area contributed by atoms with Crippen LogP contribution in [0.5, 0.6) is 0 Å². The lowest BCUT2D eigenvalue weighted by atomic mass is 9.63. The zero-order valence-electron chi connectivity index (χ0n) is 16.6. The highest BCUT2D eigenvalue weighted by atomic mass is 35.5. The monoisotopic (exact) mass is 395 g/mol. The molecule has 150 valence electrons. The SMILES string of the molecule is CN(C(=O)O)C(C(C)(C)C)C1(CCC2OCCO2)CCc2cc(Cl)ccc21. The first-order chi connectivity index (χ1) is 12.6. The lowest BCUT2D eigenvalue weighted by molar-refractivity contribution is -0.0569. The Morgan fingerprint density at radius 3 is 2.63 bits per heavy atom. The zero-order chi connectivity index (χ0) is 19.8. The number of aryl methyl sites for hydroxylation is 1. The summed E-state index contributed by atoms with van der Waals surface area (Å²) in [6.07, 6.45) is 2.27. The van der Waals surface area contributed by atoms with Gasteiger partial charge < -0.3 is 19.5 Å². The number of rotatable bonds is 5. The summed E-state index contributed by atoms with van der Waals surface area (Å²) in [7, 11) is 1.69. The minimum Gasteiger partial charge on any atom is -0.465 e. The third-order valence-electron chi connectivity index (χ3n) is 5.99. The maximum absolute atomic E-state index is 12.0. The first kappa shape index (κ1) is 20.4. The molecule has 1 amide bonds. The van der Waals surface area contributed by atoms with Gasteiger partial charge in [-0.05, 0) is 54.4 Å². The van der Waals surface area contributed by atoms with Crippen LogP contribution in [0.4, 0.5) is 4.79 Å². The average molecular weight is 396 g/mol. The second-order valence-corrected chi connectivity index (χ2v) is 9.27. The van der Waals surface area contributed by atoms with E-state index in [1.165, 1.54) is 16.0 Å².